The van der Waals surface area contributed by atoms with Gasteiger partial charge < -0.3 is 9.32 Å². The van der Waals surface area contributed by atoms with Crippen LogP contribution in [0.25, 0.3) is 0 Å². The summed E-state index contributed by atoms with van der Waals surface area (Å²) in [6.07, 6.45) is 1.72. The molecular formula is C19H24N2O4S. The third-order valence-corrected chi connectivity index (χ3v) is 7.01. The van der Waals surface area contributed by atoms with Crippen molar-refractivity contribution in [2.75, 3.05) is 25.0 Å². The number of benzene rings is 1. The van der Waals surface area contributed by atoms with Gasteiger partial charge in [0.05, 0.1) is 0 Å². The fourth-order valence-corrected chi connectivity index (χ4v) is 4.95. The van der Waals surface area contributed by atoms with Gasteiger partial charge in [0, 0.05) is 31.9 Å². The number of rotatable bonds is 4. The smallest absolute Gasteiger partial charge is 0.293 e. The van der Waals surface area contributed by atoms with E-state index in [2.05, 4.69) is 0 Å². The van der Waals surface area contributed by atoms with Gasteiger partial charge in [-0.25, -0.2) is 8.42 Å². The van der Waals surface area contributed by atoms with Crippen molar-refractivity contribution in [1.29, 1.82) is 0 Å². The van der Waals surface area contributed by atoms with Crippen LogP contribution in [0.2, 0.25) is 0 Å². The number of aryl methyl sites for hydroxylation is 2. The van der Waals surface area contributed by atoms with Gasteiger partial charge in [0.1, 0.15) is 10.7 Å². The minimum atomic E-state index is -3.62. The van der Waals surface area contributed by atoms with Crippen LogP contribution in [0.3, 0.4) is 0 Å². The lowest BCUT2D eigenvalue weighted by Gasteiger charge is -2.19. The molecule has 0 radical (unpaired) electrons. The fourth-order valence-electron chi connectivity index (χ4n) is 3.27. The van der Waals surface area contributed by atoms with Crippen LogP contribution in [0.4, 0.5) is 5.69 Å². The first-order valence-electron chi connectivity index (χ1n) is 8.68. The van der Waals surface area contributed by atoms with Crippen LogP contribution in [-0.4, -0.2) is 38.8 Å². The molecule has 1 fully saturated rings. The first-order chi connectivity index (χ1) is 12.2. The summed E-state index contributed by atoms with van der Waals surface area (Å²) in [6, 6.07) is 7.08. The van der Waals surface area contributed by atoms with Crippen LogP contribution in [0.1, 0.15) is 40.3 Å². The number of anilines is 1. The van der Waals surface area contributed by atoms with Gasteiger partial charge in [-0.3, -0.25) is 4.79 Å². The number of amides is 1. The number of carbonyl (C=O) groups is 1. The molecule has 1 aliphatic rings. The van der Waals surface area contributed by atoms with Gasteiger partial charge in [-0.2, -0.15) is 4.31 Å². The Bertz CT molecular complexity index is 940. The topological polar surface area (TPSA) is 70.8 Å². The maximum atomic E-state index is 12.8. The summed E-state index contributed by atoms with van der Waals surface area (Å²) in [5, 5.41) is 0. The summed E-state index contributed by atoms with van der Waals surface area (Å²) in [5.74, 6) is -0.0945. The Kier molecular flexibility index (Phi) is 4.94. The Morgan fingerprint density at radius 1 is 1.15 bits per heavy atom. The molecule has 0 saturated carbocycles. The lowest BCUT2D eigenvalue weighted by atomic mass is 10.1. The predicted molar refractivity (Wildman–Crippen MR) is 100 cm³/mol. The highest BCUT2D eigenvalue weighted by molar-refractivity contribution is 7.89. The predicted octanol–water partition coefficient (Wildman–Crippen LogP) is 3.27. The zero-order valence-electron chi connectivity index (χ0n) is 15.6. The Hall–Kier alpha value is -2.12. The zero-order chi connectivity index (χ0) is 19.1. The van der Waals surface area contributed by atoms with Crippen molar-refractivity contribution in [1.82, 2.24) is 4.31 Å². The van der Waals surface area contributed by atoms with Crippen molar-refractivity contribution in [3.63, 3.8) is 0 Å². The van der Waals surface area contributed by atoms with Gasteiger partial charge in [-0.15, -0.1) is 0 Å². The largest absolute Gasteiger partial charge is 0.455 e. The lowest BCUT2D eigenvalue weighted by molar-refractivity contribution is 0.0965. The molecule has 0 N–H and O–H groups in total. The molecule has 140 valence electrons. The Labute approximate surface area is 154 Å². The molecule has 0 atom stereocenters. The van der Waals surface area contributed by atoms with E-state index in [1.807, 2.05) is 32.0 Å². The van der Waals surface area contributed by atoms with Gasteiger partial charge in [-0.05, 0) is 50.8 Å². The van der Waals surface area contributed by atoms with Crippen molar-refractivity contribution in [3.05, 3.63) is 46.9 Å². The van der Waals surface area contributed by atoms with Crippen molar-refractivity contribution in [3.8, 4) is 0 Å². The summed E-state index contributed by atoms with van der Waals surface area (Å²) < 4.78 is 32.5. The van der Waals surface area contributed by atoms with E-state index in [4.69, 9.17) is 4.42 Å². The second kappa shape index (κ2) is 6.89. The number of carbonyl (C=O) groups excluding carboxylic acids is 1. The Morgan fingerprint density at radius 3 is 2.46 bits per heavy atom. The average molecular weight is 376 g/mol. The van der Waals surface area contributed by atoms with E-state index in [9.17, 15) is 13.2 Å². The van der Waals surface area contributed by atoms with Gasteiger partial charge in [0.15, 0.2) is 5.76 Å². The SMILES string of the molecule is Cc1cccc(N(C)C(=O)c2cc(S(=O)(=O)N3CCCC3)c(C)o2)c1C. The first-order valence-corrected chi connectivity index (χ1v) is 10.1. The second-order valence-electron chi connectivity index (χ2n) is 6.73. The van der Waals surface area contributed by atoms with Crippen molar-refractivity contribution >= 4 is 21.6 Å². The highest BCUT2D eigenvalue weighted by Gasteiger charge is 2.32. The van der Waals surface area contributed by atoms with Crippen molar-refractivity contribution < 1.29 is 17.6 Å². The molecule has 26 heavy (non-hydrogen) atoms. The van der Waals surface area contributed by atoms with E-state index in [0.29, 0.717) is 13.1 Å². The number of sulfonamides is 1. The van der Waals surface area contributed by atoms with Crippen LogP contribution in [0.5, 0.6) is 0 Å². The highest BCUT2D eigenvalue weighted by atomic mass is 32.2. The summed E-state index contributed by atoms with van der Waals surface area (Å²) in [6.45, 7) is 6.54. The summed E-state index contributed by atoms with van der Waals surface area (Å²) in [5.41, 5.74) is 2.85. The Morgan fingerprint density at radius 2 is 1.81 bits per heavy atom. The molecular weight excluding hydrogens is 352 g/mol. The van der Waals surface area contributed by atoms with E-state index < -0.39 is 10.0 Å². The lowest BCUT2D eigenvalue weighted by Crippen LogP contribution is -2.28. The molecule has 0 aliphatic carbocycles. The van der Waals surface area contributed by atoms with E-state index in [1.165, 1.54) is 15.3 Å². The minimum absolute atomic E-state index is 0.0312. The third-order valence-electron chi connectivity index (χ3n) is 5.01. The molecule has 0 spiro atoms. The quantitative estimate of drug-likeness (QED) is 0.821. The van der Waals surface area contributed by atoms with Crippen LogP contribution >= 0.6 is 0 Å². The van der Waals surface area contributed by atoms with Crippen LogP contribution < -0.4 is 4.90 Å². The van der Waals surface area contributed by atoms with Gasteiger partial charge in [-0.1, -0.05) is 12.1 Å². The highest BCUT2D eigenvalue weighted by Crippen LogP contribution is 2.28. The number of hydrogen-bond acceptors (Lipinski definition) is 4. The summed E-state index contributed by atoms with van der Waals surface area (Å²) >= 11 is 0. The molecule has 0 unspecified atom stereocenters. The van der Waals surface area contributed by atoms with E-state index in [1.54, 1.807) is 14.0 Å². The zero-order valence-corrected chi connectivity index (χ0v) is 16.4. The van der Waals surface area contributed by atoms with Crippen LogP contribution in [-0.2, 0) is 10.0 Å². The molecule has 1 amide bonds. The van der Waals surface area contributed by atoms with E-state index in [-0.39, 0.29) is 22.3 Å². The molecule has 1 aliphatic heterocycles. The third kappa shape index (κ3) is 3.17. The second-order valence-corrected chi connectivity index (χ2v) is 8.63. The van der Waals surface area contributed by atoms with Gasteiger partial charge >= 0.3 is 0 Å². The summed E-state index contributed by atoms with van der Waals surface area (Å²) in [7, 11) is -1.96. The molecule has 1 aromatic carbocycles. The molecule has 7 heteroatoms. The van der Waals surface area contributed by atoms with E-state index in [0.717, 1.165) is 29.7 Å². The maximum absolute atomic E-state index is 12.8. The van der Waals surface area contributed by atoms with E-state index >= 15 is 0 Å². The van der Waals surface area contributed by atoms with Crippen LogP contribution in [0.15, 0.2) is 33.6 Å². The van der Waals surface area contributed by atoms with Gasteiger partial charge in [0.2, 0.25) is 10.0 Å². The van der Waals surface area contributed by atoms with Crippen molar-refractivity contribution in [2.24, 2.45) is 0 Å². The fraction of sp³-hybridized carbons (Fsp3) is 0.421. The molecule has 3 rings (SSSR count). The minimum Gasteiger partial charge on any atom is -0.455 e. The van der Waals surface area contributed by atoms with Crippen LogP contribution in [0, 0.1) is 20.8 Å². The average Bonchev–Trinajstić information content (AvgIpc) is 3.26. The monoisotopic (exact) mass is 376 g/mol. The standard InChI is InChI=1S/C19H24N2O4S/c1-13-8-7-9-16(14(13)2)20(4)19(22)17-12-18(15(3)25-17)26(23,24)21-10-5-6-11-21/h7-9,12H,5-6,10-11H2,1-4H3. The Balaban J connectivity index is 1.93. The number of nitrogens with zero attached hydrogens (tertiary/aromatic N) is 2. The van der Waals surface area contributed by atoms with Crippen molar-refractivity contribution in [2.45, 2.75) is 38.5 Å². The number of hydrogen-bond donors (Lipinski definition) is 0. The molecule has 2 aromatic rings. The molecule has 1 saturated heterocycles. The molecule has 0 bridgehead atoms. The first kappa shape index (κ1) is 18.7. The van der Waals surface area contributed by atoms with Gasteiger partial charge in [0.25, 0.3) is 5.91 Å². The molecule has 6 nitrogen and oxygen atoms in total. The molecule has 2 heterocycles. The molecule has 1 aromatic heterocycles. The number of furan rings is 1. The summed E-state index contributed by atoms with van der Waals surface area (Å²) in [4.78, 5) is 14.4. The maximum Gasteiger partial charge on any atom is 0.293 e. The normalized spacial score (nSPS) is 15.4.